The van der Waals surface area contributed by atoms with Gasteiger partial charge >= 0.3 is 0 Å². The number of hydrogen-bond donors (Lipinski definition) is 0. The summed E-state index contributed by atoms with van der Waals surface area (Å²) in [5.74, 6) is 1.74. The molecule has 0 aliphatic heterocycles. The van der Waals surface area contributed by atoms with Gasteiger partial charge in [-0.3, -0.25) is 4.98 Å². The Morgan fingerprint density at radius 1 is 0.900 bits per heavy atom. The van der Waals surface area contributed by atoms with Crippen LogP contribution in [0.25, 0.3) is 11.3 Å². The number of ether oxygens (including phenoxy) is 2. The molecule has 0 saturated heterocycles. The summed E-state index contributed by atoms with van der Waals surface area (Å²) in [5, 5.41) is 0. The Labute approximate surface area is 181 Å². The predicted molar refractivity (Wildman–Crippen MR) is 124 cm³/mol. The average molecular weight is 404 g/mol. The first-order valence-electron chi connectivity index (χ1n) is 11.0. The van der Waals surface area contributed by atoms with Gasteiger partial charge in [0.15, 0.2) is 0 Å². The van der Waals surface area contributed by atoms with E-state index in [0.29, 0.717) is 6.61 Å². The molecule has 0 saturated carbocycles. The number of hydrogen-bond acceptors (Lipinski definition) is 3. The summed E-state index contributed by atoms with van der Waals surface area (Å²) in [6, 6.07) is 14.9. The lowest BCUT2D eigenvalue weighted by Crippen LogP contribution is -2.05. The molecule has 3 heteroatoms. The van der Waals surface area contributed by atoms with Crippen LogP contribution in [0.1, 0.15) is 55.0 Å². The SMILES string of the molecule is CCCc1cccc(OCc2cnc(-c3c(CC)cccc3CC)c(C)c2OC)c1. The first kappa shape index (κ1) is 21.9. The molecule has 0 aliphatic carbocycles. The molecule has 0 bridgehead atoms. The van der Waals surface area contributed by atoms with Gasteiger partial charge in [-0.2, -0.15) is 0 Å². The van der Waals surface area contributed by atoms with E-state index in [9.17, 15) is 0 Å². The largest absolute Gasteiger partial charge is 0.496 e. The molecule has 30 heavy (non-hydrogen) atoms. The van der Waals surface area contributed by atoms with Crippen molar-refractivity contribution in [3.63, 3.8) is 0 Å². The molecule has 1 aromatic heterocycles. The normalized spacial score (nSPS) is 10.8. The van der Waals surface area contributed by atoms with E-state index in [1.165, 1.54) is 22.3 Å². The maximum Gasteiger partial charge on any atom is 0.132 e. The molecule has 158 valence electrons. The maximum atomic E-state index is 6.09. The van der Waals surface area contributed by atoms with Gasteiger partial charge in [0.1, 0.15) is 18.1 Å². The third-order valence-electron chi connectivity index (χ3n) is 5.61. The van der Waals surface area contributed by atoms with E-state index in [2.05, 4.69) is 64.1 Å². The number of aromatic nitrogens is 1. The number of benzene rings is 2. The number of methoxy groups -OCH3 is 1. The molecule has 0 fully saturated rings. The van der Waals surface area contributed by atoms with E-state index >= 15 is 0 Å². The Balaban J connectivity index is 1.93. The van der Waals surface area contributed by atoms with Gasteiger partial charge in [0.05, 0.1) is 12.8 Å². The standard InChI is InChI=1S/C27H33NO2/c1-6-11-20-12-9-15-24(16-20)30-18-23-17-28-26(19(4)27(23)29-5)25-21(7-2)13-10-14-22(25)8-3/h9-10,12-17H,6-8,11,18H2,1-5H3. The van der Waals surface area contributed by atoms with Gasteiger partial charge < -0.3 is 9.47 Å². The van der Waals surface area contributed by atoms with Crippen LogP contribution in [0, 0.1) is 6.92 Å². The summed E-state index contributed by atoms with van der Waals surface area (Å²) in [7, 11) is 1.73. The van der Waals surface area contributed by atoms with Gasteiger partial charge in [-0.25, -0.2) is 0 Å². The molecule has 3 rings (SSSR count). The molecular formula is C27H33NO2. The van der Waals surface area contributed by atoms with Gasteiger partial charge in [0.25, 0.3) is 0 Å². The minimum absolute atomic E-state index is 0.433. The van der Waals surface area contributed by atoms with Gasteiger partial charge in [-0.05, 0) is 55.0 Å². The minimum Gasteiger partial charge on any atom is -0.496 e. The summed E-state index contributed by atoms with van der Waals surface area (Å²) in [6.07, 6.45) is 6.05. The molecule has 0 aliphatic rings. The number of rotatable bonds is 9. The van der Waals surface area contributed by atoms with E-state index in [-0.39, 0.29) is 0 Å². The van der Waals surface area contributed by atoms with Crippen LogP contribution in [0.4, 0.5) is 0 Å². The highest BCUT2D eigenvalue weighted by atomic mass is 16.5. The summed E-state index contributed by atoms with van der Waals surface area (Å²) in [6.45, 7) is 9.11. The maximum absolute atomic E-state index is 6.09. The molecule has 0 spiro atoms. The lowest BCUT2D eigenvalue weighted by Gasteiger charge is -2.19. The highest BCUT2D eigenvalue weighted by molar-refractivity contribution is 5.73. The summed E-state index contributed by atoms with van der Waals surface area (Å²) >= 11 is 0. The molecule has 0 amide bonds. The van der Waals surface area contributed by atoms with E-state index in [4.69, 9.17) is 14.5 Å². The molecule has 3 nitrogen and oxygen atoms in total. The van der Waals surface area contributed by atoms with E-state index < -0.39 is 0 Å². The van der Waals surface area contributed by atoms with Crippen LogP contribution in [0.5, 0.6) is 11.5 Å². The van der Waals surface area contributed by atoms with E-state index in [1.807, 2.05) is 12.3 Å². The Kier molecular flexibility index (Phi) is 7.51. The lowest BCUT2D eigenvalue weighted by atomic mass is 9.92. The zero-order chi connectivity index (χ0) is 21.5. The summed E-state index contributed by atoms with van der Waals surface area (Å²) < 4.78 is 11.9. The van der Waals surface area contributed by atoms with Crippen LogP contribution in [0.2, 0.25) is 0 Å². The Morgan fingerprint density at radius 3 is 2.23 bits per heavy atom. The molecule has 0 unspecified atom stereocenters. The van der Waals surface area contributed by atoms with Crippen LogP contribution in [-0.2, 0) is 25.9 Å². The Morgan fingerprint density at radius 2 is 1.60 bits per heavy atom. The smallest absolute Gasteiger partial charge is 0.132 e. The minimum atomic E-state index is 0.433. The lowest BCUT2D eigenvalue weighted by molar-refractivity contribution is 0.295. The third-order valence-corrected chi connectivity index (χ3v) is 5.61. The van der Waals surface area contributed by atoms with Crippen LogP contribution >= 0.6 is 0 Å². The molecule has 0 atom stereocenters. The first-order chi connectivity index (χ1) is 14.6. The molecule has 0 N–H and O–H groups in total. The van der Waals surface area contributed by atoms with Crippen LogP contribution in [-0.4, -0.2) is 12.1 Å². The quantitative estimate of drug-likeness (QED) is 0.397. The average Bonchev–Trinajstić information content (AvgIpc) is 2.77. The van der Waals surface area contributed by atoms with Crippen molar-refractivity contribution < 1.29 is 9.47 Å². The van der Waals surface area contributed by atoms with E-state index in [0.717, 1.165) is 54.0 Å². The van der Waals surface area contributed by atoms with Crippen LogP contribution in [0.3, 0.4) is 0 Å². The fraction of sp³-hybridized carbons (Fsp3) is 0.370. The second kappa shape index (κ2) is 10.3. The highest BCUT2D eigenvalue weighted by Gasteiger charge is 2.18. The predicted octanol–water partition coefficient (Wildman–Crippen LogP) is 6.72. The van der Waals surface area contributed by atoms with Crippen molar-refractivity contribution in [2.75, 3.05) is 7.11 Å². The summed E-state index contributed by atoms with van der Waals surface area (Å²) in [4.78, 5) is 4.87. The summed E-state index contributed by atoms with van der Waals surface area (Å²) in [5.41, 5.74) is 8.23. The van der Waals surface area contributed by atoms with Crippen molar-refractivity contribution in [2.24, 2.45) is 0 Å². The van der Waals surface area contributed by atoms with Crippen molar-refractivity contribution in [1.82, 2.24) is 4.98 Å². The zero-order valence-corrected chi connectivity index (χ0v) is 18.9. The zero-order valence-electron chi connectivity index (χ0n) is 18.9. The third kappa shape index (κ3) is 4.67. The van der Waals surface area contributed by atoms with Gasteiger partial charge in [-0.1, -0.05) is 57.5 Å². The van der Waals surface area contributed by atoms with Gasteiger partial charge in [-0.15, -0.1) is 0 Å². The van der Waals surface area contributed by atoms with Gasteiger partial charge in [0.2, 0.25) is 0 Å². The van der Waals surface area contributed by atoms with Crippen LogP contribution < -0.4 is 9.47 Å². The van der Waals surface area contributed by atoms with Crippen molar-refractivity contribution in [1.29, 1.82) is 0 Å². The van der Waals surface area contributed by atoms with Gasteiger partial charge in [0, 0.05) is 22.9 Å². The topological polar surface area (TPSA) is 31.4 Å². The van der Waals surface area contributed by atoms with Crippen molar-refractivity contribution in [3.8, 4) is 22.8 Å². The highest BCUT2D eigenvalue weighted by Crippen LogP contribution is 2.35. The van der Waals surface area contributed by atoms with Crippen molar-refractivity contribution in [3.05, 3.63) is 76.5 Å². The number of aryl methyl sites for hydroxylation is 3. The molecular weight excluding hydrogens is 370 g/mol. The second-order valence-corrected chi connectivity index (χ2v) is 7.63. The second-order valence-electron chi connectivity index (χ2n) is 7.63. The fourth-order valence-electron chi connectivity index (χ4n) is 4.07. The number of pyridine rings is 1. The first-order valence-corrected chi connectivity index (χ1v) is 11.0. The molecule has 2 aromatic carbocycles. The monoisotopic (exact) mass is 403 g/mol. The van der Waals surface area contributed by atoms with E-state index in [1.54, 1.807) is 7.11 Å². The van der Waals surface area contributed by atoms with Crippen molar-refractivity contribution in [2.45, 2.75) is 60.0 Å². The van der Waals surface area contributed by atoms with Crippen LogP contribution in [0.15, 0.2) is 48.7 Å². The Bertz CT molecular complexity index is 972. The fourth-order valence-corrected chi connectivity index (χ4v) is 4.07. The Hall–Kier alpha value is -2.81. The molecule has 1 heterocycles. The van der Waals surface area contributed by atoms with Crippen molar-refractivity contribution >= 4 is 0 Å². The number of nitrogens with zero attached hydrogens (tertiary/aromatic N) is 1. The molecule has 0 radical (unpaired) electrons. The molecule has 3 aromatic rings.